The van der Waals surface area contributed by atoms with Crippen molar-refractivity contribution in [3.8, 4) is 0 Å². The largest absolute Gasteiger partial charge is 0.341 e. The average Bonchev–Trinajstić information content (AvgIpc) is 3.05. The van der Waals surface area contributed by atoms with Crippen LogP contribution in [0.15, 0.2) is 35.2 Å². The quantitative estimate of drug-likeness (QED) is 0.915. The van der Waals surface area contributed by atoms with E-state index in [1.165, 1.54) is 17.7 Å². The van der Waals surface area contributed by atoms with Gasteiger partial charge in [-0.3, -0.25) is 4.79 Å². The Labute approximate surface area is 144 Å². The molecule has 0 spiro atoms. The predicted molar refractivity (Wildman–Crippen MR) is 96.5 cm³/mol. The van der Waals surface area contributed by atoms with Gasteiger partial charge in [0.05, 0.1) is 4.75 Å². The number of nitrogens with zero attached hydrogens (tertiary/aromatic N) is 1. The summed E-state index contributed by atoms with van der Waals surface area (Å²) >= 11 is 1.79. The molecule has 0 aromatic heterocycles. The first-order valence-corrected chi connectivity index (χ1v) is 9.71. The third kappa shape index (κ3) is 3.74. The van der Waals surface area contributed by atoms with Crippen LogP contribution in [0.4, 0.5) is 0 Å². The summed E-state index contributed by atoms with van der Waals surface area (Å²) in [6.07, 6.45) is 6.46. The second kappa shape index (κ2) is 7.27. The number of nitrogens with two attached hydrogens (primary N) is 1. The lowest BCUT2D eigenvalue weighted by molar-refractivity contribution is -0.135. The molecule has 1 atom stereocenters. The molecule has 1 saturated heterocycles. The molecule has 1 unspecified atom stereocenters. The zero-order chi connectivity index (χ0) is 16.3. The molecule has 3 rings (SSSR count). The fourth-order valence-corrected chi connectivity index (χ4v) is 5.39. The number of rotatable bonds is 4. The van der Waals surface area contributed by atoms with Crippen LogP contribution in [-0.2, 0) is 4.79 Å². The molecule has 3 nitrogen and oxygen atoms in total. The minimum absolute atomic E-state index is 0.234. The summed E-state index contributed by atoms with van der Waals surface area (Å²) in [5.41, 5.74) is 6.03. The van der Waals surface area contributed by atoms with Crippen LogP contribution in [0, 0.1) is 5.92 Å². The van der Waals surface area contributed by atoms with Crippen LogP contribution < -0.4 is 5.73 Å². The number of hydrogen-bond acceptors (Lipinski definition) is 3. The van der Waals surface area contributed by atoms with Crippen molar-refractivity contribution in [2.45, 2.75) is 61.1 Å². The number of amides is 1. The summed E-state index contributed by atoms with van der Waals surface area (Å²) in [6.45, 7) is 3.84. The Hall–Kier alpha value is -1.00. The first-order valence-electron chi connectivity index (χ1n) is 8.90. The molecule has 4 heteroatoms. The topological polar surface area (TPSA) is 46.3 Å². The second-order valence-electron chi connectivity index (χ2n) is 7.11. The summed E-state index contributed by atoms with van der Waals surface area (Å²) in [6, 6.07) is 10.6. The lowest BCUT2D eigenvalue weighted by Gasteiger charge is -2.39. The van der Waals surface area contributed by atoms with Crippen LogP contribution in [0.1, 0.15) is 45.4 Å². The molecule has 1 heterocycles. The Kier molecular flexibility index (Phi) is 5.32. The molecule has 1 saturated carbocycles. The fourth-order valence-electron chi connectivity index (χ4n) is 3.94. The van der Waals surface area contributed by atoms with E-state index < -0.39 is 0 Å². The zero-order valence-electron chi connectivity index (χ0n) is 14.0. The molecular formula is C19H28N2OS. The molecule has 1 aromatic rings. The predicted octanol–water partition coefficient (Wildman–Crippen LogP) is 3.68. The van der Waals surface area contributed by atoms with Gasteiger partial charge in [0.15, 0.2) is 0 Å². The zero-order valence-corrected chi connectivity index (χ0v) is 14.9. The second-order valence-corrected chi connectivity index (χ2v) is 8.56. The van der Waals surface area contributed by atoms with Gasteiger partial charge in [0, 0.05) is 24.0 Å². The molecule has 23 heavy (non-hydrogen) atoms. The van der Waals surface area contributed by atoms with E-state index in [0.717, 1.165) is 38.8 Å². The number of benzene rings is 1. The minimum Gasteiger partial charge on any atom is -0.341 e. The highest BCUT2D eigenvalue weighted by Crippen LogP contribution is 2.46. The maximum absolute atomic E-state index is 13.3. The highest BCUT2D eigenvalue weighted by molar-refractivity contribution is 8.01. The van der Waals surface area contributed by atoms with Crippen molar-refractivity contribution in [3.05, 3.63) is 30.3 Å². The molecule has 1 amide bonds. The first-order chi connectivity index (χ1) is 11.1. The van der Waals surface area contributed by atoms with Crippen LogP contribution in [0.5, 0.6) is 0 Å². The van der Waals surface area contributed by atoms with Crippen molar-refractivity contribution >= 4 is 17.7 Å². The molecule has 2 aliphatic rings. The molecule has 2 fully saturated rings. The van der Waals surface area contributed by atoms with E-state index in [9.17, 15) is 4.79 Å². The van der Waals surface area contributed by atoms with Crippen LogP contribution in [0.25, 0.3) is 0 Å². The van der Waals surface area contributed by atoms with Crippen molar-refractivity contribution in [2.24, 2.45) is 11.7 Å². The van der Waals surface area contributed by atoms with Gasteiger partial charge in [-0.25, -0.2) is 0 Å². The highest BCUT2D eigenvalue weighted by atomic mass is 32.2. The van der Waals surface area contributed by atoms with Gasteiger partial charge in [-0.2, -0.15) is 0 Å². The summed E-state index contributed by atoms with van der Waals surface area (Å²) in [5.74, 6) is 0.937. The fraction of sp³-hybridized carbons (Fsp3) is 0.632. The maximum Gasteiger partial charge on any atom is 0.239 e. The standard InChI is InChI=1S/C19H28N2OS/c1-15(20)16-9-13-21(14-10-16)18(22)19(11-5-6-12-19)23-17-7-3-2-4-8-17/h2-4,7-8,15-16H,5-6,9-14,20H2,1H3. The molecular weight excluding hydrogens is 304 g/mol. The van der Waals surface area contributed by atoms with E-state index in [0.29, 0.717) is 11.8 Å². The molecule has 1 aliphatic heterocycles. The third-order valence-corrected chi connectivity index (χ3v) is 6.91. The third-order valence-electron chi connectivity index (χ3n) is 5.43. The van der Waals surface area contributed by atoms with Crippen LogP contribution >= 0.6 is 11.8 Å². The lowest BCUT2D eigenvalue weighted by Crippen LogP contribution is -2.50. The van der Waals surface area contributed by atoms with Gasteiger partial charge in [-0.1, -0.05) is 31.0 Å². The van der Waals surface area contributed by atoms with E-state index in [1.54, 1.807) is 11.8 Å². The van der Waals surface area contributed by atoms with Gasteiger partial charge >= 0.3 is 0 Å². The first kappa shape index (κ1) is 16.8. The van der Waals surface area contributed by atoms with Crippen molar-refractivity contribution in [2.75, 3.05) is 13.1 Å². The SMILES string of the molecule is CC(N)C1CCN(C(=O)C2(Sc3ccccc3)CCCC2)CC1. The Balaban J connectivity index is 1.70. The van der Waals surface area contributed by atoms with E-state index in [-0.39, 0.29) is 10.8 Å². The molecule has 0 radical (unpaired) electrons. The molecule has 2 N–H and O–H groups in total. The van der Waals surface area contributed by atoms with Crippen LogP contribution in [-0.4, -0.2) is 34.7 Å². The summed E-state index contributed by atoms with van der Waals surface area (Å²) in [5, 5.41) is 0. The van der Waals surface area contributed by atoms with Crippen LogP contribution in [0.2, 0.25) is 0 Å². The average molecular weight is 333 g/mol. The Morgan fingerprint density at radius 3 is 2.39 bits per heavy atom. The maximum atomic E-state index is 13.3. The van der Waals surface area contributed by atoms with Gasteiger partial charge < -0.3 is 10.6 Å². The Morgan fingerprint density at radius 1 is 1.22 bits per heavy atom. The number of likely N-dealkylation sites (tertiary alicyclic amines) is 1. The number of hydrogen-bond donors (Lipinski definition) is 1. The number of piperidine rings is 1. The summed E-state index contributed by atoms with van der Waals surface area (Å²) in [7, 11) is 0. The van der Waals surface area contributed by atoms with Crippen molar-refractivity contribution in [1.29, 1.82) is 0 Å². The van der Waals surface area contributed by atoms with E-state index in [2.05, 4.69) is 36.1 Å². The molecule has 1 aliphatic carbocycles. The van der Waals surface area contributed by atoms with Gasteiger partial charge in [-0.05, 0) is 50.7 Å². The smallest absolute Gasteiger partial charge is 0.239 e. The van der Waals surface area contributed by atoms with E-state index >= 15 is 0 Å². The molecule has 1 aromatic carbocycles. The van der Waals surface area contributed by atoms with Crippen LogP contribution in [0.3, 0.4) is 0 Å². The summed E-state index contributed by atoms with van der Waals surface area (Å²) in [4.78, 5) is 16.6. The van der Waals surface area contributed by atoms with Crippen molar-refractivity contribution in [1.82, 2.24) is 4.90 Å². The van der Waals surface area contributed by atoms with Crippen molar-refractivity contribution < 1.29 is 4.79 Å². The normalized spacial score (nSPS) is 23.0. The van der Waals surface area contributed by atoms with E-state index in [4.69, 9.17) is 5.73 Å². The monoisotopic (exact) mass is 332 g/mol. The Morgan fingerprint density at radius 2 is 1.83 bits per heavy atom. The molecule has 0 bridgehead atoms. The van der Waals surface area contributed by atoms with Gasteiger partial charge in [0.25, 0.3) is 0 Å². The minimum atomic E-state index is -0.234. The van der Waals surface area contributed by atoms with Gasteiger partial charge in [-0.15, -0.1) is 11.8 Å². The van der Waals surface area contributed by atoms with Gasteiger partial charge in [0.1, 0.15) is 0 Å². The lowest BCUT2D eigenvalue weighted by atomic mass is 9.90. The number of thioether (sulfide) groups is 1. The Bertz CT molecular complexity index is 517. The number of carbonyl (C=O) groups is 1. The van der Waals surface area contributed by atoms with Gasteiger partial charge in [0.2, 0.25) is 5.91 Å². The molecule has 126 valence electrons. The summed E-state index contributed by atoms with van der Waals surface area (Å²) < 4.78 is -0.234. The number of carbonyl (C=O) groups excluding carboxylic acids is 1. The highest BCUT2D eigenvalue weighted by Gasteiger charge is 2.45. The van der Waals surface area contributed by atoms with Crippen molar-refractivity contribution in [3.63, 3.8) is 0 Å². The van der Waals surface area contributed by atoms with E-state index in [1.807, 2.05) is 6.07 Å².